The van der Waals surface area contributed by atoms with E-state index in [9.17, 15) is 9.90 Å². The number of aliphatic carboxylic acids is 1. The van der Waals surface area contributed by atoms with Crippen LogP contribution >= 0.6 is 0 Å². The first-order valence-electron chi connectivity index (χ1n) is 12.0. The molecule has 1 saturated heterocycles. The van der Waals surface area contributed by atoms with Crippen LogP contribution in [0.2, 0.25) is 0 Å². The summed E-state index contributed by atoms with van der Waals surface area (Å²) in [5.41, 5.74) is 5.51. The van der Waals surface area contributed by atoms with Crippen LogP contribution in [-0.4, -0.2) is 37.9 Å². The van der Waals surface area contributed by atoms with Crippen LogP contribution in [0.3, 0.4) is 0 Å². The van der Waals surface area contributed by atoms with Gasteiger partial charge in [0.25, 0.3) is 0 Å². The van der Waals surface area contributed by atoms with E-state index in [2.05, 4.69) is 46.6 Å². The summed E-state index contributed by atoms with van der Waals surface area (Å²) in [4.78, 5) is 14.4. The highest BCUT2D eigenvalue weighted by molar-refractivity contribution is 5.81. The number of carboxylic acids is 1. The molecule has 0 amide bonds. The highest BCUT2D eigenvalue weighted by atomic mass is 16.5. The van der Waals surface area contributed by atoms with Crippen molar-refractivity contribution in [3.63, 3.8) is 0 Å². The first kappa shape index (κ1) is 24.3. The molecule has 6 nitrogen and oxygen atoms in total. The molecule has 4 rings (SSSR count). The summed E-state index contributed by atoms with van der Waals surface area (Å²) in [7, 11) is 1.58. The van der Waals surface area contributed by atoms with Crippen LogP contribution in [-0.2, 0) is 9.53 Å². The molecular formula is C29H31N3O3. The SMILES string of the molecule is COCCC(C(=O)O)c1ccc(N2CCC(c3ccccc3)CC2)c(Nc2ccc(C#N)cc2)c1. The van der Waals surface area contributed by atoms with Gasteiger partial charge in [0.05, 0.1) is 28.9 Å². The molecule has 1 atom stereocenters. The zero-order valence-corrected chi connectivity index (χ0v) is 20.0. The largest absolute Gasteiger partial charge is 0.481 e. The molecule has 3 aromatic carbocycles. The van der Waals surface area contributed by atoms with Crippen molar-refractivity contribution in [2.24, 2.45) is 0 Å². The van der Waals surface area contributed by atoms with Gasteiger partial charge in [0, 0.05) is 32.5 Å². The van der Waals surface area contributed by atoms with Crippen LogP contribution in [0.4, 0.5) is 17.1 Å². The van der Waals surface area contributed by atoms with Gasteiger partial charge in [-0.05, 0) is 72.7 Å². The van der Waals surface area contributed by atoms with Crippen LogP contribution < -0.4 is 10.2 Å². The molecule has 1 fully saturated rings. The number of nitrogens with zero attached hydrogens (tertiary/aromatic N) is 2. The van der Waals surface area contributed by atoms with Crippen LogP contribution in [0, 0.1) is 11.3 Å². The maximum atomic E-state index is 12.0. The van der Waals surface area contributed by atoms with Gasteiger partial charge in [-0.25, -0.2) is 0 Å². The minimum Gasteiger partial charge on any atom is -0.481 e. The molecule has 1 aliphatic rings. The number of ether oxygens (including phenoxy) is 1. The Labute approximate surface area is 206 Å². The molecule has 2 N–H and O–H groups in total. The van der Waals surface area contributed by atoms with E-state index in [0.29, 0.717) is 24.5 Å². The Kier molecular flexibility index (Phi) is 8.02. The van der Waals surface area contributed by atoms with Crippen molar-refractivity contribution >= 4 is 23.0 Å². The molecule has 1 unspecified atom stereocenters. The molecule has 0 spiro atoms. The first-order valence-corrected chi connectivity index (χ1v) is 12.0. The van der Waals surface area contributed by atoms with E-state index in [1.807, 2.05) is 30.3 Å². The summed E-state index contributed by atoms with van der Waals surface area (Å²) in [6.45, 7) is 2.23. The molecule has 0 aliphatic carbocycles. The van der Waals surface area contributed by atoms with Crippen molar-refractivity contribution in [2.45, 2.75) is 31.1 Å². The molecule has 35 heavy (non-hydrogen) atoms. The van der Waals surface area contributed by atoms with Crippen molar-refractivity contribution in [1.29, 1.82) is 5.26 Å². The standard InChI is InChI=1S/C29H31N3O3/c1-35-18-15-26(29(33)34)24-9-12-28(27(19-24)31-25-10-7-21(20-30)8-11-25)32-16-13-23(14-17-32)22-5-3-2-4-6-22/h2-12,19,23,26,31H,13-18H2,1H3,(H,33,34). The zero-order chi connectivity index (χ0) is 24.6. The lowest BCUT2D eigenvalue weighted by Gasteiger charge is -2.35. The molecule has 3 aromatic rings. The average Bonchev–Trinajstić information content (AvgIpc) is 2.90. The predicted molar refractivity (Wildman–Crippen MR) is 138 cm³/mol. The van der Waals surface area contributed by atoms with E-state index >= 15 is 0 Å². The van der Waals surface area contributed by atoms with Gasteiger partial charge in [-0.15, -0.1) is 0 Å². The Hall–Kier alpha value is -3.82. The number of methoxy groups -OCH3 is 1. The van der Waals surface area contributed by atoms with Crippen LogP contribution in [0.25, 0.3) is 0 Å². The molecule has 1 aliphatic heterocycles. The molecule has 0 radical (unpaired) electrons. The number of hydrogen-bond acceptors (Lipinski definition) is 5. The van der Waals surface area contributed by atoms with Crippen molar-refractivity contribution in [1.82, 2.24) is 0 Å². The maximum absolute atomic E-state index is 12.0. The Balaban J connectivity index is 1.61. The van der Waals surface area contributed by atoms with Crippen molar-refractivity contribution in [2.75, 3.05) is 37.0 Å². The number of hydrogen-bond donors (Lipinski definition) is 2. The Morgan fingerprint density at radius 2 is 1.83 bits per heavy atom. The summed E-state index contributed by atoms with van der Waals surface area (Å²) >= 11 is 0. The zero-order valence-electron chi connectivity index (χ0n) is 20.0. The van der Waals surface area contributed by atoms with Crippen LogP contribution in [0.1, 0.15) is 47.8 Å². The van der Waals surface area contributed by atoms with Gasteiger partial charge in [-0.3, -0.25) is 4.79 Å². The number of anilines is 3. The molecule has 1 heterocycles. The van der Waals surface area contributed by atoms with Gasteiger partial charge >= 0.3 is 5.97 Å². The first-order chi connectivity index (χ1) is 17.1. The predicted octanol–water partition coefficient (Wildman–Crippen LogP) is 5.89. The monoisotopic (exact) mass is 469 g/mol. The fourth-order valence-electron chi connectivity index (χ4n) is 4.78. The summed E-state index contributed by atoms with van der Waals surface area (Å²) in [6.07, 6.45) is 2.53. The van der Waals surface area contributed by atoms with Gasteiger partial charge in [-0.2, -0.15) is 5.26 Å². The van der Waals surface area contributed by atoms with Crippen molar-refractivity contribution in [3.8, 4) is 6.07 Å². The normalized spacial score (nSPS) is 14.8. The Morgan fingerprint density at radius 1 is 1.11 bits per heavy atom. The van der Waals surface area contributed by atoms with Gasteiger partial charge < -0.3 is 20.1 Å². The highest BCUT2D eigenvalue weighted by Crippen LogP contribution is 2.37. The van der Waals surface area contributed by atoms with Gasteiger partial charge in [0.1, 0.15) is 0 Å². The lowest BCUT2D eigenvalue weighted by molar-refractivity contribution is -0.139. The maximum Gasteiger partial charge on any atom is 0.311 e. The number of rotatable bonds is 9. The third-order valence-electron chi connectivity index (χ3n) is 6.73. The third-order valence-corrected chi connectivity index (χ3v) is 6.73. The number of nitrogens with one attached hydrogen (secondary N) is 1. The van der Waals surface area contributed by atoms with E-state index < -0.39 is 11.9 Å². The smallest absolute Gasteiger partial charge is 0.311 e. The second-order valence-electron chi connectivity index (χ2n) is 8.94. The van der Waals surface area contributed by atoms with Gasteiger partial charge in [0.15, 0.2) is 0 Å². The molecule has 6 heteroatoms. The lowest BCUT2D eigenvalue weighted by Crippen LogP contribution is -2.33. The van der Waals surface area contributed by atoms with E-state index in [0.717, 1.165) is 48.6 Å². The number of carboxylic acid groups (broad SMARTS) is 1. The second kappa shape index (κ2) is 11.5. The lowest BCUT2D eigenvalue weighted by atomic mass is 9.89. The number of carbonyl (C=O) groups is 1. The molecule has 0 bridgehead atoms. The molecule has 180 valence electrons. The van der Waals surface area contributed by atoms with E-state index in [-0.39, 0.29) is 0 Å². The van der Waals surface area contributed by atoms with Crippen molar-refractivity contribution < 1.29 is 14.6 Å². The number of piperidine rings is 1. The second-order valence-corrected chi connectivity index (χ2v) is 8.94. The topological polar surface area (TPSA) is 85.6 Å². The van der Waals surface area contributed by atoms with E-state index in [4.69, 9.17) is 10.00 Å². The minimum atomic E-state index is -0.859. The summed E-state index contributed by atoms with van der Waals surface area (Å²) in [5.74, 6) is -0.954. The average molecular weight is 470 g/mol. The summed E-state index contributed by atoms with van der Waals surface area (Å²) in [5, 5.41) is 22.4. The fraction of sp³-hybridized carbons (Fsp3) is 0.310. The molecule has 0 saturated carbocycles. The Bertz CT molecular complexity index is 1160. The van der Waals surface area contributed by atoms with Crippen molar-refractivity contribution in [3.05, 3.63) is 89.5 Å². The fourth-order valence-corrected chi connectivity index (χ4v) is 4.78. The molecular weight excluding hydrogens is 438 g/mol. The number of nitriles is 1. The quantitative estimate of drug-likeness (QED) is 0.406. The van der Waals surface area contributed by atoms with Crippen LogP contribution in [0.15, 0.2) is 72.8 Å². The van der Waals surface area contributed by atoms with E-state index in [1.54, 1.807) is 19.2 Å². The summed E-state index contributed by atoms with van der Waals surface area (Å²) in [6, 6.07) is 26.0. The number of benzene rings is 3. The van der Waals surface area contributed by atoms with E-state index in [1.165, 1.54) is 5.56 Å². The molecule has 0 aromatic heterocycles. The highest BCUT2D eigenvalue weighted by Gasteiger charge is 2.25. The Morgan fingerprint density at radius 3 is 2.46 bits per heavy atom. The minimum absolute atomic E-state index is 0.379. The van der Waals surface area contributed by atoms with Gasteiger partial charge in [0.2, 0.25) is 0 Å². The van der Waals surface area contributed by atoms with Crippen LogP contribution in [0.5, 0.6) is 0 Å². The summed E-state index contributed by atoms with van der Waals surface area (Å²) < 4.78 is 5.14. The third kappa shape index (κ3) is 6.00. The van der Waals surface area contributed by atoms with Gasteiger partial charge in [-0.1, -0.05) is 36.4 Å².